The number of rotatable bonds is 4. The van der Waals surface area contributed by atoms with Gasteiger partial charge in [0.1, 0.15) is 11.5 Å². The molecule has 2 aromatic rings. The molecule has 0 aliphatic rings. The molecule has 5 nitrogen and oxygen atoms in total. The Morgan fingerprint density at radius 3 is 2.47 bits per heavy atom. The largest absolute Gasteiger partial charge is 0.457 e. The summed E-state index contributed by atoms with van der Waals surface area (Å²) in [6.07, 6.45) is 0. The van der Waals surface area contributed by atoms with E-state index in [1.165, 1.54) is 24.3 Å². The lowest BCUT2D eigenvalue weighted by atomic mass is 10.2. The Morgan fingerprint density at radius 2 is 1.89 bits per heavy atom. The quantitative estimate of drug-likeness (QED) is 0.686. The Hall–Kier alpha value is -2.11. The van der Waals surface area contributed by atoms with Crippen LogP contribution < -0.4 is 10.5 Å². The molecule has 0 radical (unpaired) electrons. The molecule has 0 bridgehead atoms. The van der Waals surface area contributed by atoms with Gasteiger partial charge in [-0.2, -0.15) is 0 Å². The first-order valence-corrected chi connectivity index (χ1v) is 5.89. The molecule has 6 heteroatoms. The van der Waals surface area contributed by atoms with Gasteiger partial charge in [-0.1, -0.05) is 17.7 Å². The maximum atomic E-state index is 10.5. The van der Waals surface area contributed by atoms with Crippen molar-refractivity contribution in [1.82, 2.24) is 0 Å². The third kappa shape index (κ3) is 3.01. The van der Waals surface area contributed by atoms with Crippen molar-refractivity contribution in [2.45, 2.75) is 6.54 Å². The van der Waals surface area contributed by atoms with Gasteiger partial charge in [0.2, 0.25) is 0 Å². The second-order valence-corrected chi connectivity index (χ2v) is 4.18. The highest BCUT2D eigenvalue weighted by molar-refractivity contribution is 6.31. The number of nitro benzene ring substituents is 1. The summed E-state index contributed by atoms with van der Waals surface area (Å²) in [5.41, 5.74) is 6.32. The van der Waals surface area contributed by atoms with Crippen molar-refractivity contribution in [3.05, 3.63) is 63.2 Å². The minimum absolute atomic E-state index is 0.0116. The van der Waals surface area contributed by atoms with E-state index in [1.54, 1.807) is 18.2 Å². The molecule has 0 fully saturated rings. The van der Waals surface area contributed by atoms with Crippen LogP contribution in [-0.4, -0.2) is 4.92 Å². The number of non-ortho nitro benzene ring substituents is 1. The van der Waals surface area contributed by atoms with Gasteiger partial charge in [-0.3, -0.25) is 10.1 Å². The van der Waals surface area contributed by atoms with Crippen molar-refractivity contribution in [2.24, 2.45) is 5.73 Å². The number of hydrogen-bond acceptors (Lipinski definition) is 4. The van der Waals surface area contributed by atoms with Gasteiger partial charge in [-0.05, 0) is 24.3 Å². The Bertz CT molecular complexity index is 599. The number of halogens is 1. The second kappa shape index (κ2) is 5.69. The molecule has 2 rings (SSSR count). The van der Waals surface area contributed by atoms with E-state index in [-0.39, 0.29) is 12.2 Å². The van der Waals surface area contributed by atoms with Gasteiger partial charge in [0.05, 0.1) is 4.92 Å². The van der Waals surface area contributed by atoms with Crippen LogP contribution in [0.25, 0.3) is 0 Å². The summed E-state index contributed by atoms with van der Waals surface area (Å²) in [7, 11) is 0. The van der Waals surface area contributed by atoms with Crippen LogP contribution >= 0.6 is 11.6 Å². The number of hydrogen-bond donors (Lipinski definition) is 1. The first kappa shape index (κ1) is 13.3. The summed E-state index contributed by atoms with van der Waals surface area (Å²) >= 11 is 6.01. The van der Waals surface area contributed by atoms with E-state index >= 15 is 0 Å². The van der Waals surface area contributed by atoms with Crippen molar-refractivity contribution in [3.8, 4) is 11.5 Å². The van der Waals surface area contributed by atoms with Gasteiger partial charge in [-0.25, -0.2) is 0 Å². The highest BCUT2D eigenvalue weighted by atomic mass is 35.5. The molecule has 98 valence electrons. The van der Waals surface area contributed by atoms with Crippen molar-refractivity contribution in [1.29, 1.82) is 0 Å². The third-order valence-corrected chi connectivity index (χ3v) is 2.91. The molecular formula is C13H11ClN2O3. The zero-order chi connectivity index (χ0) is 13.8. The van der Waals surface area contributed by atoms with Crippen molar-refractivity contribution in [3.63, 3.8) is 0 Å². The fraction of sp³-hybridized carbons (Fsp3) is 0.0769. The van der Waals surface area contributed by atoms with Crippen molar-refractivity contribution in [2.75, 3.05) is 0 Å². The molecular weight excluding hydrogens is 268 g/mol. The van der Waals surface area contributed by atoms with Crippen LogP contribution in [0.15, 0.2) is 42.5 Å². The Balaban J connectivity index is 2.26. The lowest BCUT2D eigenvalue weighted by Gasteiger charge is -2.11. The lowest BCUT2D eigenvalue weighted by Crippen LogP contribution is -2.00. The van der Waals surface area contributed by atoms with Gasteiger partial charge < -0.3 is 10.5 Å². The van der Waals surface area contributed by atoms with Crippen LogP contribution in [0.5, 0.6) is 11.5 Å². The molecule has 0 saturated heterocycles. The predicted molar refractivity (Wildman–Crippen MR) is 72.5 cm³/mol. The average Bonchev–Trinajstić information content (AvgIpc) is 2.39. The minimum Gasteiger partial charge on any atom is -0.457 e. The number of benzene rings is 2. The second-order valence-electron chi connectivity index (χ2n) is 3.77. The monoisotopic (exact) mass is 278 g/mol. The summed E-state index contributed by atoms with van der Waals surface area (Å²) in [6.45, 7) is 0.252. The van der Waals surface area contributed by atoms with E-state index in [0.717, 1.165) is 0 Å². The molecule has 0 unspecified atom stereocenters. The molecule has 2 N–H and O–H groups in total. The fourth-order valence-electron chi connectivity index (χ4n) is 1.60. The standard InChI is InChI=1S/C13H11ClN2O3/c14-12-2-1-3-13(11(12)8-15)19-10-6-4-9(5-7-10)16(17)18/h1-7H,8,15H2. The number of nitrogens with zero attached hydrogens (tertiary/aromatic N) is 1. The third-order valence-electron chi connectivity index (χ3n) is 2.56. The zero-order valence-corrected chi connectivity index (χ0v) is 10.6. The van der Waals surface area contributed by atoms with Gasteiger partial charge in [-0.15, -0.1) is 0 Å². The van der Waals surface area contributed by atoms with Gasteiger partial charge in [0, 0.05) is 29.3 Å². The Morgan fingerprint density at radius 1 is 1.21 bits per heavy atom. The SMILES string of the molecule is NCc1c(Cl)cccc1Oc1ccc([N+](=O)[O-])cc1. The summed E-state index contributed by atoms with van der Waals surface area (Å²) in [4.78, 5) is 10.1. The minimum atomic E-state index is -0.464. The van der Waals surface area contributed by atoms with Gasteiger partial charge in [0.15, 0.2) is 0 Å². The van der Waals surface area contributed by atoms with Gasteiger partial charge >= 0.3 is 0 Å². The van der Waals surface area contributed by atoms with Crippen LogP contribution in [0.3, 0.4) is 0 Å². The van der Waals surface area contributed by atoms with Gasteiger partial charge in [0.25, 0.3) is 5.69 Å². The zero-order valence-electron chi connectivity index (χ0n) is 9.88. The fourth-order valence-corrected chi connectivity index (χ4v) is 1.84. The average molecular weight is 279 g/mol. The molecule has 0 spiro atoms. The topological polar surface area (TPSA) is 78.4 Å². The normalized spacial score (nSPS) is 10.2. The van der Waals surface area contributed by atoms with E-state index in [1.807, 2.05) is 0 Å². The van der Waals surface area contributed by atoms with Crippen LogP contribution in [0, 0.1) is 10.1 Å². The number of nitro groups is 1. The number of ether oxygens (including phenoxy) is 1. The summed E-state index contributed by atoms with van der Waals surface area (Å²) in [6, 6.07) is 11.0. The van der Waals surface area contributed by atoms with Crippen LogP contribution in [-0.2, 0) is 6.54 Å². The van der Waals surface area contributed by atoms with Crippen LogP contribution in [0.2, 0.25) is 5.02 Å². The van der Waals surface area contributed by atoms with E-state index in [0.29, 0.717) is 22.1 Å². The molecule has 0 aliphatic carbocycles. The molecule has 0 atom stereocenters. The van der Waals surface area contributed by atoms with E-state index < -0.39 is 4.92 Å². The Labute approximate surface area is 114 Å². The maximum Gasteiger partial charge on any atom is 0.269 e. The Kier molecular flexibility index (Phi) is 3.99. The van der Waals surface area contributed by atoms with E-state index in [4.69, 9.17) is 22.1 Å². The van der Waals surface area contributed by atoms with Crippen molar-refractivity contribution < 1.29 is 9.66 Å². The molecule has 19 heavy (non-hydrogen) atoms. The van der Waals surface area contributed by atoms with Crippen LogP contribution in [0.1, 0.15) is 5.56 Å². The van der Waals surface area contributed by atoms with Crippen LogP contribution in [0.4, 0.5) is 5.69 Å². The summed E-state index contributed by atoms with van der Waals surface area (Å²) in [5.74, 6) is 1.03. The molecule has 0 saturated carbocycles. The summed E-state index contributed by atoms with van der Waals surface area (Å²) < 4.78 is 5.63. The highest BCUT2D eigenvalue weighted by Crippen LogP contribution is 2.30. The van der Waals surface area contributed by atoms with Crippen molar-refractivity contribution >= 4 is 17.3 Å². The highest BCUT2D eigenvalue weighted by Gasteiger charge is 2.09. The predicted octanol–water partition coefficient (Wildman–Crippen LogP) is 3.50. The summed E-state index contributed by atoms with van der Waals surface area (Å²) in [5, 5.41) is 11.1. The first-order valence-electron chi connectivity index (χ1n) is 5.51. The molecule has 0 heterocycles. The molecule has 2 aromatic carbocycles. The molecule has 0 amide bonds. The smallest absolute Gasteiger partial charge is 0.269 e. The lowest BCUT2D eigenvalue weighted by molar-refractivity contribution is -0.384. The molecule has 0 aliphatic heterocycles. The van der Waals surface area contributed by atoms with E-state index in [9.17, 15) is 10.1 Å². The number of nitrogens with two attached hydrogens (primary N) is 1. The van der Waals surface area contributed by atoms with E-state index in [2.05, 4.69) is 0 Å². The first-order chi connectivity index (χ1) is 9.11. The molecule has 0 aromatic heterocycles. The maximum absolute atomic E-state index is 10.5.